The van der Waals surface area contributed by atoms with Crippen LogP contribution >= 0.6 is 7.60 Å². The number of hydrogen-bond acceptors (Lipinski definition) is 2. The van der Waals surface area contributed by atoms with E-state index >= 15 is 0 Å². The molecule has 5 heteroatoms. The maximum Gasteiger partial charge on any atom is 0.336 e. The van der Waals surface area contributed by atoms with Crippen molar-refractivity contribution in [2.24, 2.45) is 0 Å². The van der Waals surface area contributed by atoms with Crippen LogP contribution in [-0.2, 0) is 9.72 Å². The van der Waals surface area contributed by atoms with Crippen LogP contribution in [0.2, 0.25) is 0 Å². The summed E-state index contributed by atoms with van der Waals surface area (Å²) >= 11 is 0. The van der Waals surface area contributed by atoms with Gasteiger partial charge >= 0.3 is 7.60 Å². The Kier molecular flexibility index (Phi) is 4.52. The first-order valence-corrected chi connectivity index (χ1v) is 7.12. The van der Waals surface area contributed by atoms with E-state index in [1.165, 1.54) is 12.2 Å². The van der Waals surface area contributed by atoms with Crippen molar-refractivity contribution in [1.82, 2.24) is 0 Å². The average Bonchev–Trinajstić information content (AvgIpc) is 2.28. The minimum absolute atomic E-state index is 0.174. The first kappa shape index (κ1) is 14.7. The molecule has 1 aromatic carbocycles. The van der Waals surface area contributed by atoms with Crippen LogP contribution in [0.5, 0.6) is 0 Å². The summed E-state index contributed by atoms with van der Waals surface area (Å²) in [5.74, 6) is 0. The molecule has 1 rings (SSSR count). The van der Waals surface area contributed by atoms with E-state index in [1.807, 2.05) is 0 Å². The van der Waals surface area contributed by atoms with Crippen LogP contribution in [0.1, 0.15) is 18.4 Å². The maximum atomic E-state index is 11.9. The van der Waals surface area contributed by atoms with E-state index in [0.717, 1.165) is 0 Å². The van der Waals surface area contributed by atoms with Crippen molar-refractivity contribution in [3.8, 4) is 0 Å². The number of nitrogen functional groups attached to an aromatic ring is 1. The molecule has 0 amide bonds. The largest absolute Gasteiger partial charge is 0.399 e. The van der Waals surface area contributed by atoms with Gasteiger partial charge in [-0.1, -0.05) is 24.3 Å². The molecule has 1 aromatic rings. The first-order valence-electron chi connectivity index (χ1n) is 5.51. The molecule has 98 valence electrons. The normalized spacial score (nSPS) is 12.1. The molecule has 18 heavy (non-hydrogen) atoms. The summed E-state index contributed by atoms with van der Waals surface area (Å²) in [4.78, 5) is 19.4. The van der Waals surface area contributed by atoms with Crippen LogP contribution in [0, 0.1) is 0 Å². The smallest absolute Gasteiger partial charge is 0.336 e. The molecule has 0 aliphatic carbocycles. The Bertz CT molecular complexity index is 466. The van der Waals surface area contributed by atoms with Crippen molar-refractivity contribution in [2.45, 2.75) is 18.0 Å². The first-order chi connectivity index (χ1) is 8.37. The summed E-state index contributed by atoms with van der Waals surface area (Å²) in [6.07, 6.45) is 3.37. The van der Waals surface area contributed by atoms with Gasteiger partial charge in [0.2, 0.25) is 0 Å². The van der Waals surface area contributed by atoms with Crippen LogP contribution in [0.3, 0.4) is 0 Å². The highest BCUT2D eigenvalue weighted by Gasteiger charge is 2.46. The molecule has 0 aliphatic rings. The highest BCUT2D eigenvalue weighted by Crippen LogP contribution is 2.61. The topological polar surface area (TPSA) is 83.6 Å². The second kappa shape index (κ2) is 5.53. The molecule has 0 aliphatic heterocycles. The van der Waals surface area contributed by atoms with Gasteiger partial charge in [0.25, 0.3) is 0 Å². The zero-order valence-corrected chi connectivity index (χ0v) is 11.0. The molecule has 0 saturated heterocycles. The van der Waals surface area contributed by atoms with E-state index in [0.29, 0.717) is 11.3 Å². The van der Waals surface area contributed by atoms with Crippen molar-refractivity contribution < 1.29 is 14.4 Å². The number of allylic oxidation sites excluding steroid dienone is 2. The molecule has 0 spiro atoms. The Morgan fingerprint density at radius 3 is 1.94 bits per heavy atom. The highest BCUT2D eigenvalue weighted by atomic mass is 31.2. The predicted molar refractivity (Wildman–Crippen MR) is 74.2 cm³/mol. The zero-order valence-electron chi connectivity index (χ0n) is 10.1. The monoisotopic (exact) mass is 267 g/mol. The molecule has 0 saturated carbocycles. The van der Waals surface area contributed by atoms with Crippen LogP contribution in [-0.4, -0.2) is 9.79 Å². The molecule has 0 atom stereocenters. The summed E-state index contributed by atoms with van der Waals surface area (Å²) in [7, 11) is -4.36. The third-order valence-electron chi connectivity index (χ3n) is 2.97. The quantitative estimate of drug-likeness (QED) is 0.420. The zero-order chi connectivity index (χ0) is 13.8. The summed E-state index contributed by atoms with van der Waals surface area (Å²) in [5.41, 5.74) is 6.69. The molecule has 4 N–H and O–H groups in total. The second-order valence-corrected chi connectivity index (χ2v) is 6.13. The second-order valence-electron chi connectivity index (χ2n) is 4.18. The molecular weight excluding hydrogens is 249 g/mol. The molecule has 0 bridgehead atoms. The predicted octanol–water partition coefficient (Wildman–Crippen LogP) is 2.79. The summed E-state index contributed by atoms with van der Waals surface area (Å²) < 4.78 is 11.9. The fourth-order valence-electron chi connectivity index (χ4n) is 2.00. The van der Waals surface area contributed by atoms with E-state index in [-0.39, 0.29) is 12.8 Å². The minimum Gasteiger partial charge on any atom is -0.399 e. The molecular formula is C13H18NO3P. The Labute approximate surface area is 107 Å². The van der Waals surface area contributed by atoms with Crippen LogP contribution in [0.4, 0.5) is 5.69 Å². The lowest BCUT2D eigenvalue weighted by molar-refractivity contribution is 0.324. The Morgan fingerprint density at radius 1 is 1.17 bits per heavy atom. The number of hydrogen-bond donors (Lipinski definition) is 3. The Morgan fingerprint density at radius 2 is 1.61 bits per heavy atom. The maximum absolute atomic E-state index is 11.9. The molecule has 0 fully saturated rings. The van der Waals surface area contributed by atoms with Crippen molar-refractivity contribution in [2.75, 3.05) is 5.73 Å². The molecule has 0 radical (unpaired) electrons. The van der Waals surface area contributed by atoms with Crippen molar-refractivity contribution in [3.05, 3.63) is 55.1 Å². The molecule has 0 aromatic heterocycles. The van der Waals surface area contributed by atoms with Gasteiger partial charge in [-0.25, -0.2) is 0 Å². The van der Waals surface area contributed by atoms with Crippen LogP contribution < -0.4 is 5.73 Å². The van der Waals surface area contributed by atoms with Crippen molar-refractivity contribution >= 4 is 13.3 Å². The minimum atomic E-state index is -4.36. The number of nitrogens with two attached hydrogens (primary N) is 1. The van der Waals surface area contributed by atoms with Gasteiger partial charge in [-0.2, -0.15) is 0 Å². The van der Waals surface area contributed by atoms with Gasteiger partial charge in [0.05, 0.1) is 0 Å². The standard InChI is InChI=1S/C13H18NO3P/c1-3-9-13(10-4-2,18(15,16)17)11-5-7-12(14)8-6-11/h3-8H,1-2,9-10,14H2,(H2,15,16,17). The van der Waals surface area contributed by atoms with Crippen molar-refractivity contribution in [3.63, 3.8) is 0 Å². The van der Waals surface area contributed by atoms with Crippen LogP contribution in [0.25, 0.3) is 0 Å². The van der Waals surface area contributed by atoms with Gasteiger partial charge in [0.1, 0.15) is 5.16 Å². The van der Waals surface area contributed by atoms with Gasteiger partial charge in [-0.3, -0.25) is 4.57 Å². The SMILES string of the molecule is C=CCC(CC=C)(c1ccc(N)cc1)P(=O)(O)O. The van der Waals surface area contributed by atoms with E-state index < -0.39 is 12.8 Å². The number of benzene rings is 1. The molecule has 4 nitrogen and oxygen atoms in total. The van der Waals surface area contributed by atoms with Gasteiger partial charge in [-0.15, -0.1) is 13.2 Å². The fraction of sp³-hybridized carbons (Fsp3) is 0.231. The Balaban J connectivity index is 3.42. The van der Waals surface area contributed by atoms with E-state index in [1.54, 1.807) is 24.3 Å². The third-order valence-corrected chi connectivity index (χ3v) is 4.71. The highest BCUT2D eigenvalue weighted by molar-refractivity contribution is 7.53. The average molecular weight is 267 g/mol. The lowest BCUT2D eigenvalue weighted by Crippen LogP contribution is -2.25. The summed E-state index contributed by atoms with van der Waals surface area (Å²) in [6, 6.07) is 6.54. The molecule has 0 heterocycles. The van der Waals surface area contributed by atoms with Gasteiger partial charge in [-0.05, 0) is 30.5 Å². The third kappa shape index (κ3) is 2.72. The fourth-order valence-corrected chi connectivity index (χ4v) is 3.22. The molecule has 0 unspecified atom stereocenters. The Hall–Kier alpha value is -1.35. The summed E-state index contributed by atoms with van der Waals surface area (Å²) in [6.45, 7) is 7.16. The number of anilines is 1. The van der Waals surface area contributed by atoms with Gasteiger partial charge in [0, 0.05) is 5.69 Å². The van der Waals surface area contributed by atoms with Crippen molar-refractivity contribution in [1.29, 1.82) is 0 Å². The van der Waals surface area contributed by atoms with E-state index in [9.17, 15) is 14.4 Å². The lowest BCUT2D eigenvalue weighted by Gasteiger charge is -2.33. The number of rotatable bonds is 6. The van der Waals surface area contributed by atoms with Crippen LogP contribution in [0.15, 0.2) is 49.6 Å². The van der Waals surface area contributed by atoms with E-state index in [2.05, 4.69) is 13.2 Å². The summed E-state index contributed by atoms with van der Waals surface area (Å²) in [5, 5.41) is -1.30. The van der Waals surface area contributed by atoms with E-state index in [4.69, 9.17) is 5.73 Å². The van der Waals surface area contributed by atoms with Gasteiger partial charge < -0.3 is 15.5 Å². The van der Waals surface area contributed by atoms with Gasteiger partial charge in [0.15, 0.2) is 0 Å². The lowest BCUT2D eigenvalue weighted by atomic mass is 9.91.